The fourth-order valence-electron chi connectivity index (χ4n) is 2.66. The van der Waals surface area contributed by atoms with E-state index in [1.165, 1.54) is 17.0 Å². The number of ether oxygens (including phenoxy) is 1. The lowest BCUT2D eigenvalue weighted by Gasteiger charge is -2.19. The monoisotopic (exact) mass is 308 g/mol. The molecular formula is C15H17ClN2OS. The van der Waals surface area contributed by atoms with Gasteiger partial charge < -0.3 is 10.1 Å². The Morgan fingerprint density at radius 1 is 1.45 bits per heavy atom. The molecule has 2 aromatic rings. The molecule has 0 saturated carbocycles. The summed E-state index contributed by atoms with van der Waals surface area (Å²) in [5, 5.41) is 5.05. The number of methoxy groups -OCH3 is 1. The van der Waals surface area contributed by atoms with E-state index in [1.807, 2.05) is 25.2 Å². The van der Waals surface area contributed by atoms with Crippen molar-refractivity contribution in [1.82, 2.24) is 10.3 Å². The van der Waals surface area contributed by atoms with E-state index >= 15 is 0 Å². The quantitative estimate of drug-likeness (QED) is 0.928. The summed E-state index contributed by atoms with van der Waals surface area (Å²) >= 11 is 7.79. The number of aryl methyl sites for hydroxylation is 1. The first-order valence-corrected chi connectivity index (χ1v) is 7.93. The van der Waals surface area contributed by atoms with E-state index in [0.29, 0.717) is 11.1 Å². The maximum Gasteiger partial charge on any atom is 0.130 e. The number of fused-ring (bicyclic) bond motifs is 1. The largest absolute Gasteiger partial charge is 0.496 e. The van der Waals surface area contributed by atoms with Crippen molar-refractivity contribution in [2.75, 3.05) is 14.2 Å². The van der Waals surface area contributed by atoms with Crippen LogP contribution in [0.5, 0.6) is 5.75 Å². The SMILES string of the molecule is CNC1CCCc2sc(-c3ccc(Cl)cc3OC)nc21. The Hall–Kier alpha value is -1.10. The van der Waals surface area contributed by atoms with Crippen LogP contribution in [0.1, 0.15) is 29.5 Å². The molecule has 0 amide bonds. The molecule has 20 heavy (non-hydrogen) atoms. The first-order valence-electron chi connectivity index (χ1n) is 6.73. The zero-order valence-corrected chi connectivity index (χ0v) is 13.1. The number of thiazole rings is 1. The molecule has 1 atom stereocenters. The highest BCUT2D eigenvalue weighted by Gasteiger charge is 2.24. The van der Waals surface area contributed by atoms with Crippen LogP contribution < -0.4 is 10.1 Å². The smallest absolute Gasteiger partial charge is 0.130 e. The predicted molar refractivity (Wildman–Crippen MR) is 83.9 cm³/mol. The van der Waals surface area contributed by atoms with Crippen LogP contribution in [0.25, 0.3) is 10.6 Å². The van der Waals surface area contributed by atoms with Crippen LogP contribution in [0.2, 0.25) is 5.02 Å². The maximum absolute atomic E-state index is 6.02. The van der Waals surface area contributed by atoms with Crippen molar-refractivity contribution in [2.24, 2.45) is 0 Å². The normalized spacial score (nSPS) is 17.9. The fraction of sp³-hybridized carbons (Fsp3) is 0.400. The van der Waals surface area contributed by atoms with E-state index in [1.54, 1.807) is 18.4 Å². The van der Waals surface area contributed by atoms with E-state index in [-0.39, 0.29) is 0 Å². The van der Waals surface area contributed by atoms with Gasteiger partial charge in [-0.3, -0.25) is 0 Å². The average Bonchev–Trinajstić information content (AvgIpc) is 2.90. The second kappa shape index (κ2) is 5.72. The Morgan fingerprint density at radius 3 is 3.05 bits per heavy atom. The molecule has 0 bridgehead atoms. The standard InChI is InChI=1S/C15H17ClN2OS/c1-17-11-4-3-5-13-14(11)18-15(20-13)10-7-6-9(16)8-12(10)19-2/h6-8,11,17H,3-5H2,1-2H3. The highest BCUT2D eigenvalue weighted by atomic mass is 35.5. The van der Waals surface area contributed by atoms with Gasteiger partial charge in [0.25, 0.3) is 0 Å². The summed E-state index contributed by atoms with van der Waals surface area (Å²) in [5.74, 6) is 0.782. The lowest BCUT2D eigenvalue weighted by molar-refractivity contribution is 0.416. The summed E-state index contributed by atoms with van der Waals surface area (Å²) in [6.45, 7) is 0. The van der Waals surface area contributed by atoms with E-state index in [0.717, 1.165) is 29.2 Å². The minimum absolute atomic E-state index is 0.377. The van der Waals surface area contributed by atoms with E-state index in [2.05, 4.69) is 5.32 Å². The first kappa shape index (κ1) is 13.9. The molecule has 0 radical (unpaired) electrons. The Labute approximate surface area is 127 Å². The third-order valence-electron chi connectivity index (χ3n) is 3.70. The molecule has 1 unspecified atom stereocenters. The second-order valence-electron chi connectivity index (χ2n) is 4.91. The van der Waals surface area contributed by atoms with Gasteiger partial charge in [0.15, 0.2) is 0 Å². The molecule has 1 aromatic carbocycles. The summed E-state index contributed by atoms with van der Waals surface area (Å²) in [4.78, 5) is 6.24. The maximum atomic E-state index is 6.02. The van der Waals surface area contributed by atoms with Gasteiger partial charge in [-0.15, -0.1) is 11.3 Å². The molecule has 1 N–H and O–H groups in total. The van der Waals surface area contributed by atoms with Gasteiger partial charge in [0.2, 0.25) is 0 Å². The number of aromatic nitrogens is 1. The summed E-state index contributed by atoms with van der Waals surface area (Å²) in [5.41, 5.74) is 2.22. The Balaban J connectivity index is 2.05. The molecule has 5 heteroatoms. The number of benzene rings is 1. The highest BCUT2D eigenvalue weighted by molar-refractivity contribution is 7.15. The van der Waals surface area contributed by atoms with Gasteiger partial charge >= 0.3 is 0 Å². The van der Waals surface area contributed by atoms with Crippen LogP contribution in [-0.2, 0) is 6.42 Å². The number of hydrogen-bond donors (Lipinski definition) is 1. The third-order valence-corrected chi connectivity index (χ3v) is 5.10. The lowest BCUT2D eigenvalue weighted by atomic mass is 9.98. The van der Waals surface area contributed by atoms with Crippen molar-refractivity contribution in [1.29, 1.82) is 0 Å². The van der Waals surface area contributed by atoms with Gasteiger partial charge in [0.1, 0.15) is 10.8 Å². The van der Waals surface area contributed by atoms with Crippen LogP contribution in [0.15, 0.2) is 18.2 Å². The number of rotatable bonds is 3. The summed E-state index contributed by atoms with van der Waals surface area (Å²) in [7, 11) is 3.67. The van der Waals surface area contributed by atoms with Crippen LogP contribution in [0, 0.1) is 0 Å². The zero-order valence-electron chi connectivity index (χ0n) is 11.6. The highest BCUT2D eigenvalue weighted by Crippen LogP contribution is 2.40. The summed E-state index contributed by atoms with van der Waals surface area (Å²) < 4.78 is 5.43. The van der Waals surface area contributed by atoms with Crippen molar-refractivity contribution >= 4 is 22.9 Å². The van der Waals surface area contributed by atoms with Gasteiger partial charge in [-0.2, -0.15) is 0 Å². The lowest BCUT2D eigenvalue weighted by Crippen LogP contribution is -2.21. The van der Waals surface area contributed by atoms with E-state index in [9.17, 15) is 0 Å². The van der Waals surface area contributed by atoms with Crippen LogP contribution in [0.3, 0.4) is 0 Å². The topological polar surface area (TPSA) is 34.1 Å². The second-order valence-corrected chi connectivity index (χ2v) is 6.43. The molecule has 0 fully saturated rings. The summed E-state index contributed by atoms with van der Waals surface area (Å²) in [6, 6.07) is 6.09. The minimum Gasteiger partial charge on any atom is -0.496 e. The molecule has 0 spiro atoms. The molecule has 0 saturated heterocycles. The summed E-state index contributed by atoms with van der Waals surface area (Å²) in [6.07, 6.45) is 3.50. The molecule has 1 aliphatic carbocycles. The van der Waals surface area contributed by atoms with Crippen LogP contribution in [0.4, 0.5) is 0 Å². The molecule has 1 aliphatic rings. The number of hydrogen-bond acceptors (Lipinski definition) is 4. The van der Waals surface area contributed by atoms with Crippen molar-refractivity contribution in [3.63, 3.8) is 0 Å². The minimum atomic E-state index is 0.377. The zero-order chi connectivity index (χ0) is 14.1. The average molecular weight is 309 g/mol. The van der Waals surface area contributed by atoms with E-state index < -0.39 is 0 Å². The van der Waals surface area contributed by atoms with Gasteiger partial charge in [-0.25, -0.2) is 4.98 Å². The number of nitrogens with zero attached hydrogens (tertiary/aromatic N) is 1. The van der Waals surface area contributed by atoms with Crippen molar-refractivity contribution in [3.05, 3.63) is 33.8 Å². The predicted octanol–water partition coefficient (Wildman–Crippen LogP) is 4.07. The molecule has 1 aromatic heterocycles. The Bertz CT molecular complexity index is 626. The van der Waals surface area contributed by atoms with E-state index in [4.69, 9.17) is 21.3 Å². The van der Waals surface area contributed by atoms with Crippen molar-refractivity contribution in [2.45, 2.75) is 25.3 Å². The van der Waals surface area contributed by atoms with Crippen molar-refractivity contribution in [3.8, 4) is 16.3 Å². The van der Waals surface area contributed by atoms with Crippen molar-refractivity contribution < 1.29 is 4.74 Å². The first-order chi connectivity index (χ1) is 9.72. The Kier molecular flexibility index (Phi) is 3.96. The van der Waals surface area contributed by atoms with Crippen LogP contribution >= 0.6 is 22.9 Å². The molecule has 3 rings (SSSR count). The van der Waals surface area contributed by atoms with Gasteiger partial charge in [0, 0.05) is 9.90 Å². The molecule has 0 aliphatic heterocycles. The molecule has 1 heterocycles. The van der Waals surface area contributed by atoms with Crippen LogP contribution in [-0.4, -0.2) is 19.1 Å². The molecule has 3 nitrogen and oxygen atoms in total. The molecular weight excluding hydrogens is 292 g/mol. The van der Waals surface area contributed by atoms with Gasteiger partial charge in [-0.1, -0.05) is 11.6 Å². The fourth-order valence-corrected chi connectivity index (χ4v) is 4.01. The van der Waals surface area contributed by atoms with Gasteiger partial charge in [-0.05, 0) is 44.5 Å². The number of halogens is 1. The Morgan fingerprint density at radius 2 is 2.30 bits per heavy atom. The third kappa shape index (κ3) is 2.43. The molecule has 106 valence electrons. The van der Waals surface area contributed by atoms with Gasteiger partial charge in [0.05, 0.1) is 24.4 Å². The number of nitrogens with one attached hydrogen (secondary N) is 1.